The molecule has 3 N–H and O–H groups in total. The highest BCUT2D eigenvalue weighted by Gasteiger charge is 2.31. The molecule has 0 atom stereocenters. The van der Waals surface area contributed by atoms with Gasteiger partial charge >= 0.3 is 0 Å². The summed E-state index contributed by atoms with van der Waals surface area (Å²) < 4.78 is 0. The molecular formula is C27H30N4O4. The number of piperidine rings is 1. The van der Waals surface area contributed by atoms with E-state index >= 15 is 0 Å². The molecule has 1 aliphatic rings. The number of para-hydroxylation sites is 1. The van der Waals surface area contributed by atoms with Crippen molar-refractivity contribution in [3.05, 3.63) is 75.8 Å². The van der Waals surface area contributed by atoms with Crippen molar-refractivity contribution in [3.8, 4) is 0 Å². The maximum Gasteiger partial charge on any atom is 0.258 e. The van der Waals surface area contributed by atoms with E-state index in [2.05, 4.69) is 9.97 Å². The predicted octanol–water partition coefficient (Wildman–Crippen LogP) is 3.10. The summed E-state index contributed by atoms with van der Waals surface area (Å²) in [4.78, 5) is 59.0. The van der Waals surface area contributed by atoms with Crippen LogP contribution in [-0.4, -0.2) is 45.6 Å². The van der Waals surface area contributed by atoms with Crippen LogP contribution in [0.4, 0.5) is 0 Å². The van der Waals surface area contributed by atoms with Gasteiger partial charge in [-0.05, 0) is 42.5 Å². The monoisotopic (exact) mass is 474 g/mol. The summed E-state index contributed by atoms with van der Waals surface area (Å²) in [5.74, 6) is -0.187. The summed E-state index contributed by atoms with van der Waals surface area (Å²) in [6.07, 6.45) is 1.92. The first-order valence-corrected chi connectivity index (χ1v) is 11.8. The molecule has 3 aromatic rings. The lowest BCUT2D eigenvalue weighted by molar-refractivity contribution is -0.134. The number of aromatic nitrogens is 2. The van der Waals surface area contributed by atoms with Crippen LogP contribution in [0.3, 0.4) is 0 Å². The normalized spacial score (nSPS) is 14.7. The van der Waals surface area contributed by atoms with E-state index in [1.165, 1.54) is 6.07 Å². The zero-order chi connectivity index (χ0) is 25.2. The summed E-state index contributed by atoms with van der Waals surface area (Å²) in [6, 6.07) is 13.7. The number of hydrogen-bond donors (Lipinski definition) is 2. The van der Waals surface area contributed by atoms with Crippen LogP contribution in [0.1, 0.15) is 59.7 Å². The number of nitrogens with zero attached hydrogens (tertiary/aromatic N) is 2. The van der Waals surface area contributed by atoms with E-state index in [1.54, 1.807) is 30.3 Å². The molecule has 2 aromatic carbocycles. The van der Waals surface area contributed by atoms with E-state index in [-0.39, 0.29) is 23.2 Å². The van der Waals surface area contributed by atoms with Gasteiger partial charge in [0.25, 0.3) is 5.56 Å². The van der Waals surface area contributed by atoms with Crippen molar-refractivity contribution in [3.63, 3.8) is 0 Å². The Hall–Kier alpha value is -3.81. The summed E-state index contributed by atoms with van der Waals surface area (Å²) in [7, 11) is 0. The number of H-pyrrole nitrogens is 1. The Labute approximate surface area is 203 Å². The second kappa shape index (κ2) is 9.82. The molecule has 4 rings (SSSR count). The Bertz CT molecular complexity index is 1340. The van der Waals surface area contributed by atoms with E-state index in [4.69, 9.17) is 5.73 Å². The number of nitrogens with two attached hydrogens (primary N) is 1. The number of rotatable bonds is 7. The SMILES string of the molecule is CC(C)(CC(=O)N1CCC(C(=O)c2cccc(C(N)=O)c2)CC1)Cc1nc2ccccc2c(=O)[nH]1. The first-order valence-electron chi connectivity index (χ1n) is 11.8. The van der Waals surface area contributed by atoms with Crippen LogP contribution >= 0.6 is 0 Å². The third kappa shape index (κ3) is 5.65. The van der Waals surface area contributed by atoms with Crippen LogP contribution in [0.25, 0.3) is 10.9 Å². The van der Waals surface area contributed by atoms with Gasteiger partial charge in [0.05, 0.1) is 10.9 Å². The lowest BCUT2D eigenvalue weighted by Crippen LogP contribution is -2.42. The number of carbonyl (C=O) groups is 3. The highest BCUT2D eigenvalue weighted by molar-refractivity contribution is 6.01. The van der Waals surface area contributed by atoms with Gasteiger partial charge < -0.3 is 15.6 Å². The second-order valence-corrected chi connectivity index (χ2v) is 10.0. The molecule has 1 aliphatic heterocycles. The number of nitrogens with one attached hydrogen (secondary N) is 1. The van der Waals surface area contributed by atoms with Gasteiger partial charge in [-0.15, -0.1) is 0 Å². The van der Waals surface area contributed by atoms with Crippen LogP contribution in [0.5, 0.6) is 0 Å². The van der Waals surface area contributed by atoms with E-state index in [0.717, 1.165) is 0 Å². The van der Waals surface area contributed by atoms with Gasteiger partial charge in [-0.25, -0.2) is 4.98 Å². The van der Waals surface area contributed by atoms with E-state index in [1.807, 2.05) is 30.9 Å². The van der Waals surface area contributed by atoms with E-state index in [9.17, 15) is 19.2 Å². The van der Waals surface area contributed by atoms with Gasteiger partial charge in [0, 0.05) is 43.0 Å². The molecule has 8 nitrogen and oxygen atoms in total. The van der Waals surface area contributed by atoms with Crippen LogP contribution in [0, 0.1) is 11.3 Å². The molecule has 1 aromatic heterocycles. The number of primary amides is 1. The number of amides is 2. The Kier molecular flexibility index (Phi) is 6.82. The molecule has 2 heterocycles. The molecule has 182 valence electrons. The van der Waals surface area contributed by atoms with Crippen LogP contribution in [-0.2, 0) is 11.2 Å². The van der Waals surface area contributed by atoms with E-state index in [0.29, 0.717) is 66.6 Å². The van der Waals surface area contributed by atoms with Crippen LogP contribution < -0.4 is 11.3 Å². The summed E-state index contributed by atoms with van der Waals surface area (Å²) in [5.41, 5.74) is 6.17. The minimum atomic E-state index is -0.564. The van der Waals surface area contributed by atoms with Crippen molar-refractivity contribution in [2.24, 2.45) is 17.1 Å². The molecule has 1 fully saturated rings. The lowest BCUT2D eigenvalue weighted by Gasteiger charge is -2.34. The van der Waals surface area contributed by atoms with Gasteiger partial charge in [-0.2, -0.15) is 0 Å². The quantitative estimate of drug-likeness (QED) is 0.509. The molecule has 1 saturated heterocycles. The molecule has 35 heavy (non-hydrogen) atoms. The third-order valence-corrected chi connectivity index (χ3v) is 6.59. The Morgan fingerprint density at radius 2 is 1.74 bits per heavy atom. The van der Waals surface area contributed by atoms with Crippen molar-refractivity contribution in [1.29, 1.82) is 0 Å². The zero-order valence-electron chi connectivity index (χ0n) is 20.0. The maximum absolute atomic E-state index is 13.0. The molecule has 0 unspecified atom stereocenters. The Morgan fingerprint density at radius 3 is 2.46 bits per heavy atom. The summed E-state index contributed by atoms with van der Waals surface area (Å²) in [5, 5.41) is 0.545. The Balaban J connectivity index is 1.35. The summed E-state index contributed by atoms with van der Waals surface area (Å²) >= 11 is 0. The number of aromatic amines is 1. The smallest absolute Gasteiger partial charge is 0.258 e. The predicted molar refractivity (Wildman–Crippen MR) is 133 cm³/mol. The van der Waals surface area contributed by atoms with Crippen molar-refractivity contribution in [2.45, 2.75) is 39.5 Å². The van der Waals surface area contributed by atoms with Crippen LogP contribution in [0.2, 0.25) is 0 Å². The molecule has 0 saturated carbocycles. The number of likely N-dealkylation sites (tertiary alicyclic amines) is 1. The number of benzene rings is 2. The minimum Gasteiger partial charge on any atom is -0.366 e. The van der Waals surface area contributed by atoms with Gasteiger partial charge in [-0.1, -0.05) is 38.1 Å². The molecule has 8 heteroatoms. The first-order chi connectivity index (χ1) is 16.6. The molecule has 0 bridgehead atoms. The zero-order valence-corrected chi connectivity index (χ0v) is 20.0. The second-order valence-electron chi connectivity index (χ2n) is 10.0. The van der Waals surface area contributed by atoms with Crippen molar-refractivity contribution < 1.29 is 14.4 Å². The number of ketones is 1. The summed E-state index contributed by atoms with van der Waals surface area (Å²) in [6.45, 7) is 4.99. The molecular weight excluding hydrogens is 444 g/mol. The molecule has 0 aliphatic carbocycles. The van der Waals surface area contributed by atoms with Crippen molar-refractivity contribution in [1.82, 2.24) is 14.9 Å². The lowest BCUT2D eigenvalue weighted by atomic mass is 9.83. The standard InChI is InChI=1S/C27H30N4O4/c1-27(2,15-22-29-21-9-4-3-8-20(21)26(35)30-22)16-23(32)31-12-10-17(11-13-31)24(33)18-6-5-7-19(14-18)25(28)34/h3-9,14,17H,10-13,15-16H2,1-2H3,(H2,28,34)(H,29,30,35). The average molecular weight is 475 g/mol. The number of carbonyl (C=O) groups excluding carboxylic acids is 3. The number of Topliss-reactive ketones (excluding diaryl/α,β-unsaturated/α-hetero) is 1. The Morgan fingerprint density at radius 1 is 1.06 bits per heavy atom. The van der Waals surface area contributed by atoms with Crippen LogP contribution in [0.15, 0.2) is 53.3 Å². The molecule has 0 radical (unpaired) electrons. The van der Waals surface area contributed by atoms with Crippen molar-refractivity contribution >= 4 is 28.5 Å². The van der Waals surface area contributed by atoms with Gasteiger partial charge in [0.2, 0.25) is 11.8 Å². The molecule has 2 amide bonds. The molecule has 0 spiro atoms. The highest BCUT2D eigenvalue weighted by Crippen LogP contribution is 2.28. The minimum absolute atomic E-state index is 0.0214. The van der Waals surface area contributed by atoms with Gasteiger partial charge in [-0.3, -0.25) is 19.2 Å². The highest BCUT2D eigenvalue weighted by atomic mass is 16.2. The first kappa shape index (κ1) is 24.3. The fourth-order valence-corrected chi connectivity index (χ4v) is 4.71. The maximum atomic E-state index is 13.0. The third-order valence-electron chi connectivity index (χ3n) is 6.59. The topological polar surface area (TPSA) is 126 Å². The van der Waals surface area contributed by atoms with Gasteiger partial charge in [0.1, 0.15) is 5.82 Å². The van der Waals surface area contributed by atoms with Crippen molar-refractivity contribution in [2.75, 3.05) is 13.1 Å². The fourth-order valence-electron chi connectivity index (χ4n) is 4.71. The van der Waals surface area contributed by atoms with Gasteiger partial charge in [0.15, 0.2) is 5.78 Å². The number of hydrogen-bond acceptors (Lipinski definition) is 5. The number of fused-ring (bicyclic) bond motifs is 1. The largest absolute Gasteiger partial charge is 0.366 e. The van der Waals surface area contributed by atoms with E-state index < -0.39 is 11.3 Å². The average Bonchev–Trinajstić information content (AvgIpc) is 2.83. The fraction of sp³-hybridized carbons (Fsp3) is 0.370.